The van der Waals surface area contributed by atoms with Crippen LogP contribution in [0.15, 0.2) is 0 Å². The molecule has 1 atom stereocenters. The summed E-state index contributed by atoms with van der Waals surface area (Å²) in [7, 11) is 0. The van der Waals surface area contributed by atoms with Gasteiger partial charge in [0.1, 0.15) is 0 Å². The van der Waals surface area contributed by atoms with E-state index in [0.717, 1.165) is 0 Å². The first kappa shape index (κ1) is 6.45. The fraction of sp³-hybridized carbons (Fsp3) is 0.800. The Labute approximate surface area is 43.4 Å². The first-order valence-electron chi connectivity index (χ1n) is 2.36. The van der Waals surface area contributed by atoms with Crippen LogP contribution in [0, 0.1) is 11.3 Å². The van der Waals surface area contributed by atoms with E-state index in [4.69, 9.17) is 10.4 Å². The summed E-state index contributed by atoms with van der Waals surface area (Å²) in [4.78, 5) is 0. The molecule has 0 amide bonds. The quantitative estimate of drug-likeness (QED) is 0.553. The van der Waals surface area contributed by atoms with E-state index in [-0.39, 0.29) is 6.42 Å². The smallest absolute Gasteiger partial charge is 0.0667 e. The molecule has 0 aliphatic rings. The maximum atomic E-state index is 8.64. The van der Waals surface area contributed by atoms with Crippen LogP contribution < -0.4 is 0 Å². The van der Waals surface area contributed by atoms with Crippen molar-refractivity contribution in [2.75, 3.05) is 0 Å². The van der Waals surface area contributed by atoms with Crippen LogP contribution in [-0.4, -0.2) is 11.2 Å². The molecule has 0 unspecified atom stereocenters. The fourth-order valence-corrected chi connectivity index (χ4v) is 0.250. The molecule has 0 bridgehead atoms. The van der Waals surface area contributed by atoms with Crippen LogP contribution in [0.25, 0.3) is 0 Å². The molecule has 0 spiro atoms. The van der Waals surface area contributed by atoms with E-state index in [9.17, 15) is 0 Å². The lowest BCUT2D eigenvalue weighted by atomic mass is 10.2. The maximum Gasteiger partial charge on any atom is 0.0667 e. The summed E-state index contributed by atoms with van der Waals surface area (Å²) < 4.78 is 0. The molecule has 0 aliphatic carbocycles. The van der Waals surface area contributed by atoms with E-state index >= 15 is 0 Å². The van der Waals surface area contributed by atoms with E-state index in [2.05, 4.69) is 0 Å². The van der Waals surface area contributed by atoms with Gasteiger partial charge in [0.15, 0.2) is 0 Å². The zero-order valence-electron chi connectivity index (χ0n) is 4.39. The van der Waals surface area contributed by atoms with Gasteiger partial charge in [-0.1, -0.05) is 6.92 Å². The Morgan fingerprint density at radius 1 is 1.86 bits per heavy atom. The summed E-state index contributed by atoms with van der Waals surface area (Å²) in [5, 5.41) is 16.6. The van der Waals surface area contributed by atoms with Crippen LogP contribution in [0.4, 0.5) is 0 Å². The number of rotatable bonds is 2. The molecule has 1 N–H and O–H groups in total. The van der Waals surface area contributed by atoms with Crippen LogP contribution in [0.5, 0.6) is 0 Å². The Morgan fingerprint density at radius 2 is 2.43 bits per heavy atom. The predicted molar refractivity (Wildman–Crippen MR) is 26.5 cm³/mol. The summed E-state index contributed by atoms with van der Waals surface area (Å²) in [5.41, 5.74) is 0. The average molecular weight is 99.1 g/mol. The second-order valence-electron chi connectivity index (χ2n) is 1.42. The average Bonchev–Trinajstić information content (AvgIpc) is 1.68. The second kappa shape index (κ2) is 3.63. The van der Waals surface area contributed by atoms with Crippen molar-refractivity contribution in [3.8, 4) is 6.07 Å². The molecule has 40 valence electrons. The van der Waals surface area contributed by atoms with Gasteiger partial charge in [0.2, 0.25) is 0 Å². The largest absolute Gasteiger partial charge is 0.392 e. The van der Waals surface area contributed by atoms with E-state index in [0.29, 0.717) is 6.42 Å². The lowest BCUT2D eigenvalue weighted by Crippen LogP contribution is -2.00. The van der Waals surface area contributed by atoms with Gasteiger partial charge in [-0.15, -0.1) is 0 Å². The molecule has 0 saturated carbocycles. The van der Waals surface area contributed by atoms with Gasteiger partial charge in [0.25, 0.3) is 0 Å². The molecule has 0 aromatic heterocycles. The third-order valence-electron chi connectivity index (χ3n) is 0.798. The Bertz CT molecular complexity index is 74.6. The first-order chi connectivity index (χ1) is 3.31. The van der Waals surface area contributed by atoms with Gasteiger partial charge in [0, 0.05) is 0 Å². The van der Waals surface area contributed by atoms with Crippen molar-refractivity contribution in [3.63, 3.8) is 0 Å². The summed E-state index contributed by atoms with van der Waals surface area (Å²) in [6.07, 6.45) is 0.523. The van der Waals surface area contributed by atoms with Gasteiger partial charge >= 0.3 is 0 Å². The third-order valence-corrected chi connectivity index (χ3v) is 0.798. The minimum atomic E-state index is -0.412. The van der Waals surface area contributed by atoms with E-state index < -0.39 is 6.10 Å². The summed E-state index contributed by atoms with van der Waals surface area (Å²) >= 11 is 0. The van der Waals surface area contributed by atoms with Crippen LogP contribution in [0.3, 0.4) is 0 Å². The molecule has 0 rings (SSSR count). The highest BCUT2D eigenvalue weighted by Gasteiger charge is 1.95. The highest BCUT2D eigenvalue weighted by atomic mass is 16.3. The monoisotopic (exact) mass is 99.1 g/mol. The third kappa shape index (κ3) is 3.28. The maximum absolute atomic E-state index is 8.64. The molecule has 0 radical (unpaired) electrons. The van der Waals surface area contributed by atoms with Gasteiger partial charge in [0.05, 0.1) is 18.6 Å². The van der Waals surface area contributed by atoms with Gasteiger partial charge in [-0.25, -0.2) is 0 Å². The molecule has 0 heterocycles. The topological polar surface area (TPSA) is 44.0 Å². The fourth-order valence-electron chi connectivity index (χ4n) is 0.250. The zero-order chi connectivity index (χ0) is 5.70. The van der Waals surface area contributed by atoms with Gasteiger partial charge in [-0.2, -0.15) is 5.26 Å². The Morgan fingerprint density at radius 3 is 2.57 bits per heavy atom. The predicted octanol–water partition coefficient (Wildman–Crippen LogP) is 0.671. The van der Waals surface area contributed by atoms with Crippen molar-refractivity contribution in [1.82, 2.24) is 0 Å². The van der Waals surface area contributed by atoms with Crippen molar-refractivity contribution in [3.05, 3.63) is 0 Å². The molecule has 0 aromatic rings. The van der Waals surface area contributed by atoms with Gasteiger partial charge < -0.3 is 5.11 Å². The zero-order valence-corrected chi connectivity index (χ0v) is 4.39. The molecule has 0 saturated heterocycles. The number of hydrogen-bond acceptors (Lipinski definition) is 2. The van der Waals surface area contributed by atoms with Crippen molar-refractivity contribution in [2.24, 2.45) is 0 Å². The molecule has 0 aliphatic heterocycles. The number of aliphatic hydroxyl groups excluding tert-OH is 1. The van der Waals surface area contributed by atoms with Crippen LogP contribution in [0.1, 0.15) is 19.8 Å². The van der Waals surface area contributed by atoms with Gasteiger partial charge in [-0.05, 0) is 6.42 Å². The molecule has 0 fully saturated rings. The molecule has 7 heavy (non-hydrogen) atoms. The van der Waals surface area contributed by atoms with E-state index in [1.165, 1.54) is 0 Å². The van der Waals surface area contributed by atoms with Crippen molar-refractivity contribution < 1.29 is 5.11 Å². The number of nitrogens with zero attached hydrogens (tertiary/aromatic N) is 1. The SMILES string of the molecule is CC[C@H](O)CC#N. The number of aliphatic hydroxyl groups is 1. The Balaban J connectivity index is 3.03. The lowest BCUT2D eigenvalue weighted by Gasteiger charge is -1.96. The molecule has 2 heteroatoms. The van der Waals surface area contributed by atoms with Crippen LogP contribution in [0.2, 0.25) is 0 Å². The van der Waals surface area contributed by atoms with Crippen molar-refractivity contribution in [2.45, 2.75) is 25.9 Å². The van der Waals surface area contributed by atoms with Crippen LogP contribution in [-0.2, 0) is 0 Å². The molecule has 0 aromatic carbocycles. The first-order valence-corrected chi connectivity index (χ1v) is 2.36. The second-order valence-corrected chi connectivity index (χ2v) is 1.42. The number of hydrogen-bond donors (Lipinski definition) is 1. The highest BCUT2D eigenvalue weighted by Crippen LogP contribution is 1.92. The molecular weight excluding hydrogens is 90.1 g/mol. The standard InChI is InChI=1S/C5H9NO/c1-2-5(7)3-4-6/h5,7H,2-3H2,1H3/t5-/m0/s1. The minimum absolute atomic E-state index is 0.260. The van der Waals surface area contributed by atoms with E-state index in [1.54, 1.807) is 0 Å². The van der Waals surface area contributed by atoms with Crippen molar-refractivity contribution >= 4 is 0 Å². The van der Waals surface area contributed by atoms with Gasteiger partial charge in [-0.3, -0.25) is 0 Å². The summed E-state index contributed by atoms with van der Waals surface area (Å²) in [6, 6.07) is 1.87. The van der Waals surface area contributed by atoms with Crippen LogP contribution >= 0.6 is 0 Å². The highest BCUT2D eigenvalue weighted by molar-refractivity contribution is 4.73. The van der Waals surface area contributed by atoms with E-state index in [1.807, 2.05) is 13.0 Å². The number of nitriles is 1. The Hall–Kier alpha value is -0.550. The molecule has 2 nitrogen and oxygen atoms in total. The normalized spacial score (nSPS) is 12.7. The van der Waals surface area contributed by atoms with Crippen molar-refractivity contribution in [1.29, 1.82) is 5.26 Å². The minimum Gasteiger partial charge on any atom is -0.392 e. The molecular formula is C5H9NO. The Kier molecular flexibility index (Phi) is 3.35. The summed E-state index contributed by atoms with van der Waals surface area (Å²) in [5.74, 6) is 0. The summed E-state index contributed by atoms with van der Waals surface area (Å²) in [6.45, 7) is 1.85. The lowest BCUT2D eigenvalue weighted by molar-refractivity contribution is 0.175.